The van der Waals surface area contributed by atoms with Crippen molar-refractivity contribution < 1.29 is 29.6 Å². The predicted molar refractivity (Wildman–Crippen MR) is 193 cm³/mol. The molecule has 0 saturated carbocycles. The first-order chi connectivity index (χ1) is 24.8. The Hall–Kier alpha value is -4.71. The Morgan fingerprint density at radius 2 is 1.73 bits per heavy atom. The molecule has 0 spiro atoms. The van der Waals surface area contributed by atoms with Gasteiger partial charge in [0.15, 0.2) is 0 Å². The molecule has 11 heteroatoms. The van der Waals surface area contributed by atoms with Crippen LogP contribution in [-0.2, 0) is 10.2 Å². The Morgan fingerprint density at radius 1 is 0.961 bits per heavy atom. The summed E-state index contributed by atoms with van der Waals surface area (Å²) in [4.78, 5) is 45.5. The number of carbonyl (C=O) groups excluding carboxylic acids is 1. The number of phenols is 1. The number of benzene rings is 3. The molecule has 4 aliphatic heterocycles. The molecule has 4 saturated heterocycles. The SMILES string of the molecule is O=C(c1ccc(OCCCCCNCC(O)c2ccc(O)c3[nH]c(=O)ccc23)cc1)N1CC(C(=O)O)(c2ccccc2)C1C1CN2CCC1CC2. The van der Waals surface area contributed by atoms with E-state index >= 15 is 0 Å². The minimum absolute atomic E-state index is 0.0365. The van der Waals surface area contributed by atoms with E-state index < -0.39 is 23.5 Å². The number of nitrogens with zero attached hydrogens (tertiary/aromatic N) is 2. The van der Waals surface area contributed by atoms with Gasteiger partial charge in [0.25, 0.3) is 5.91 Å². The number of hydrogen-bond donors (Lipinski definition) is 5. The number of phenolic OH excluding ortho intramolecular Hbond substituents is 1. The zero-order valence-corrected chi connectivity index (χ0v) is 28.7. The third kappa shape index (κ3) is 6.85. The zero-order valence-electron chi connectivity index (χ0n) is 28.7. The van der Waals surface area contributed by atoms with Gasteiger partial charge in [-0.3, -0.25) is 14.4 Å². The molecular weight excluding hydrogens is 648 g/mol. The summed E-state index contributed by atoms with van der Waals surface area (Å²) in [6.45, 7) is 4.64. The van der Waals surface area contributed by atoms with Crippen molar-refractivity contribution in [1.29, 1.82) is 0 Å². The van der Waals surface area contributed by atoms with Crippen molar-refractivity contribution in [2.24, 2.45) is 11.8 Å². The molecule has 1 amide bonds. The summed E-state index contributed by atoms with van der Waals surface area (Å²) in [5.41, 5.74) is 0.804. The molecule has 1 aromatic heterocycles. The Labute approximate surface area is 296 Å². The number of likely N-dealkylation sites (tertiary alicyclic amines) is 1. The minimum atomic E-state index is -1.12. The fourth-order valence-corrected chi connectivity index (χ4v) is 8.57. The van der Waals surface area contributed by atoms with Gasteiger partial charge in [-0.2, -0.15) is 0 Å². The number of aliphatic hydroxyl groups excluding tert-OH is 1. The third-order valence-corrected chi connectivity index (χ3v) is 11.3. The van der Waals surface area contributed by atoms with E-state index in [0.29, 0.717) is 53.4 Å². The van der Waals surface area contributed by atoms with Crippen molar-refractivity contribution in [2.75, 3.05) is 45.9 Å². The number of aromatic nitrogens is 1. The van der Waals surface area contributed by atoms with Crippen molar-refractivity contribution in [3.63, 3.8) is 0 Å². The van der Waals surface area contributed by atoms with Crippen LogP contribution in [0.15, 0.2) is 83.7 Å². The predicted octanol–water partition coefficient (Wildman–Crippen LogP) is 4.29. The number of carbonyl (C=O) groups is 2. The lowest BCUT2D eigenvalue weighted by molar-refractivity contribution is -0.162. The Kier molecular flexibility index (Phi) is 10.1. The second-order valence-corrected chi connectivity index (χ2v) is 14.3. The normalized spacial score (nSPS) is 24.6. The molecule has 51 heavy (non-hydrogen) atoms. The van der Waals surface area contributed by atoms with Crippen LogP contribution in [0.4, 0.5) is 0 Å². The summed E-state index contributed by atoms with van der Waals surface area (Å²) in [7, 11) is 0. The van der Waals surface area contributed by atoms with Gasteiger partial charge < -0.3 is 40.2 Å². The summed E-state index contributed by atoms with van der Waals surface area (Å²) in [5.74, 6) is 0.164. The molecule has 4 atom stereocenters. The van der Waals surface area contributed by atoms with Crippen LogP contribution >= 0.6 is 0 Å². The van der Waals surface area contributed by atoms with E-state index in [-0.39, 0.29) is 29.7 Å². The van der Waals surface area contributed by atoms with E-state index in [4.69, 9.17) is 4.74 Å². The number of amides is 1. The quantitative estimate of drug-likeness (QED) is 0.122. The summed E-state index contributed by atoms with van der Waals surface area (Å²) in [6, 6.07) is 22.3. The van der Waals surface area contributed by atoms with Gasteiger partial charge in [0.05, 0.1) is 24.3 Å². The monoisotopic (exact) mass is 694 g/mol. The number of pyridine rings is 1. The molecule has 268 valence electrons. The van der Waals surface area contributed by atoms with Crippen LogP contribution in [0.1, 0.15) is 59.7 Å². The number of aliphatic hydroxyl groups is 1. The number of unbranched alkanes of at least 4 members (excludes halogenated alkanes) is 2. The number of piperidine rings is 3. The molecule has 5 heterocycles. The topological polar surface area (TPSA) is 155 Å². The summed E-state index contributed by atoms with van der Waals surface area (Å²) < 4.78 is 5.96. The van der Waals surface area contributed by atoms with E-state index in [1.54, 1.807) is 24.3 Å². The van der Waals surface area contributed by atoms with E-state index in [1.807, 2.05) is 47.4 Å². The molecule has 4 aliphatic rings. The van der Waals surface area contributed by atoms with Crippen LogP contribution in [0.5, 0.6) is 11.5 Å². The highest BCUT2D eigenvalue weighted by atomic mass is 16.5. The molecule has 11 nitrogen and oxygen atoms in total. The number of fused-ring (bicyclic) bond motifs is 4. The van der Waals surface area contributed by atoms with Gasteiger partial charge in [-0.05, 0) is 111 Å². The first-order valence-corrected chi connectivity index (χ1v) is 18.0. The third-order valence-electron chi connectivity index (χ3n) is 11.3. The molecular formula is C40H46N4O7. The minimum Gasteiger partial charge on any atom is -0.506 e. The van der Waals surface area contributed by atoms with Crippen molar-refractivity contribution in [3.05, 3.63) is 106 Å². The number of aromatic amines is 1. The molecule has 3 aromatic carbocycles. The van der Waals surface area contributed by atoms with Crippen molar-refractivity contribution in [2.45, 2.75) is 49.7 Å². The molecule has 2 bridgehead atoms. The number of nitrogens with one attached hydrogen (secondary N) is 2. The summed E-state index contributed by atoms with van der Waals surface area (Å²) in [6.07, 6.45) is 3.95. The van der Waals surface area contributed by atoms with Crippen molar-refractivity contribution in [3.8, 4) is 11.5 Å². The zero-order chi connectivity index (χ0) is 35.5. The molecule has 8 rings (SSSR count). The van der Waals surface area contributed by atoms with Crippen molar-refractivity contribution >= 4 is 22.8 Å². The summed E-state index contributed by atoms with van der Waals surface area (Å²) in [5, 5.41) is 35.4. The largest absolute Gasteiger partial charge is 0.506 e. The van der Waals surface area contributed by atoms with Crippen LogP contribution in [0.25, 0.3) is 10.9 Å². The molecule has 0 radical (unpaired) electrons. The first kappa shape index (κ1) is 34.7. The molecule has 5 N–H and O–H groups in total. The average Bonchev–Trinajstić information content (AvgIpc) is 3.14. The highest BCUT2D eigenvalue weighted by molar-refractivity contribution is 5.98. The van der Waals surface area contributed by atoms with Crippen LogP contribution in [0, 0.1) is 11.8 Å². The average molecular weight is 695 g/mol. The lowest BCUT2D eigenvalue weighted by Gasteiger charge is -2.61. The maximum atomic E-state index is 14.0. The van der Waals surface area contributed by atoms with E-state index in [2.05, 4.69) is 15.2 Å². The van der Waals surface area contributed by atoms with Gasteiger partial charge in [-0.15, -0.1) is 0 Å². The fraction of sp³-hybridized carbons (Fsp3) is 0.425. The fourth-order valence-electron chi connectivity index (χ4n) is 8.57. The lowest BCUT2D eigenvalue weighted by atomic mass is 9.58. The summed E-state index contributed by atoms with van der Waals surface area (Å²) >= 11 is 0. The van der Waals surface area contributed by atoms with Gasteiger partial charge >= 0.3 is 5.97 Å². The van der Waals surface area contributed by atoms with Crippen LogP contribution in [-0.4, -0.2) is 93.9 Å². The maximum Gasteiger partial charge on any atom is 0.318 e. The number of carboxylic acid groups (broad SMARTS) is 1. The second-order valence-electron chi connectivity index (χ2n) is 14.3. The number of carboxylic acids is 1. The maximum absolute atomic E-state index is 14.0. The molecule has 4 unspecified atom stereocenters. The number of hydrogen-bond acceptors (Lipinski definition) is 8. The number of ether oxygens (including phenoxy) is 1. The smallest absolute Gasteiger partial charge is 0.318 e. The first-order valence-electron chi connectivity index (χ1n) is 18.0. The molecule has 0 aliphatic carbocycles. The second kappa shape index (κ2) is 14.9. The van der Waals surface area contributed by atoms with E-state index in [0.717, 1.165) is 57.3 Å². The Morgan fingerprint density at radius 3 is 2.43 bits per heavy atom. The van der Waals surface area contributed by atoms with Crippen LogP contribution < -0.4 is 15.6 Å². The lowest BCUT2D eigenvalue weighted by Crippen LogP contribution is -2.76. The number of aromatic hydroxyl groups is 1. The van der Waals surface area contributed by atoms with Gasteiger partial charge in [0, 0.05) is 36.7 Å². The van der Waals surface area contributed by atoms with Gasteiger partial charge in [0.1, 0.15) is 16.9 Å². The van der Waals surface area contributed by atoms with Gasteiger partial charge in [0.2, 0.25) is 5.56 Å². The van der Waals surface area contributed by atoms with Gasteiger partial charge in [-0.1, -0.05) is 36.4 Å². The standard InChI is InChI=1S/C40H46N4O7/c45-33-15-13-30(31-14-16-35(47)42-36(31)33)34(46)23-41-19-5-2-6-22-51-29-11-9-27(10-12-29)38(48)44-25-40(39(49)50,28-7-3-1-4-8-28)37(44)32-24-43-20-17-26(32)18-21-43/h1,3-4,7-16,26,32,34,37,41,45-46H,2,5-6,17-25H2,(H,42,47)(H,49,50). The number of aliphatic carboxylic acids is 1. The number of H-pyrrole nitrogens is 1. The van der Waals surface area contributed by atoms with Crippen molar-refractivity contribution in [1.82, 2.24) is 20.1 Å². The highest BCUT2D eigenvalue weighted by Crippen LogP contribution is 2.50. The van der Waals surface area contributed by atoms with Crippen LogP contribution in [0.3, 0.4) is 0 Å². The Bertz CT molecular complexity index is 1910. The Balaban J connectivity index is 0.890. The number of rotatable bonds is 14. The molecule has 4 fully saturated rings. The highest BCUT2D eigenvalue weighted by Gasteiger charge is 2.64. The molecule has 4 aromatic rings. The van der Waals surface area contributed by atoms with E-state index in [1.165, 1.54) is 12.1 Å². The van der Waals surface area contributed by atoms with Gasteiger partial charge in [-0.25, -0.2) is 0 Å². The van der Waals surface area contributed by atoms with E-state index in [9.17, 15) is 29.7 Å². The van der Waals surface area contributed by atoms with Crippen LogP contribution in [0.2, 0.25) is 0 Å².